The van der Waals surface area contributed by atoms with Crippen LogP contribution >= 0.6 is 0 Å². The van der Waals surface area contributed by atoms with E-state index in [-0.39, 0.29) is 5.78 Å². The molecule has 0 aliphatic heterocycles. The van der Waals surface area contributed by atoms with Gasteiger partial charge in [-0.1, -0.05) is 41.6 Å². The maximum absolute atomic E-state index is 12.0. The van der Waals surface area contributed by atoms with Crippen LogP contribution in [0.4, 0.5) is 0 Å². The number of aliphatic hydroxyl groups excluding tert-OH is 1. The van der Waals surface area contributed by atoms with Crippen LogP contribution in [0.3, 0.4) is 0 Å². The second-order valence-corrected chi connectivity index (χ2v) is 5.24. The van der Waals surface area contributed by atoms with E-state index < -0.39 is 6.10 Å². The average molecular weight is 283 g/mol. The fourth-order valence-electron chi connectivity index (χ4n) is 2.70. The number of aryl methyl sites for hydroxylation is 1. The van der Waals surface area contributed by atoms with E-state index in [1.807, 2.05) is 36.4 Å². The van der Waals surface area contributed by atoms with Crippen molar-refractivity contribution in [1.29, 1.82) is 0 Å². The molecular formula is C17H17NO3. The highest BCUT2D eigenvalue weighted by molar-refractivity contribution is 5.97. The third kappa shape index (κ3) is 2.54. The summed E-state index contributed by atoms with van der Waals surface area (Å²) in [4.78, 5) is 12.0. The van der Waals surface area contributed by atoms with Gasteiger partial charge in [0.05, 0.1) is 5.56 Å². The molecule has 1 heterocycles. The SMILES string of the molecule is Cc1onc(-c2ccccc2)c1C(O)C1=CCCCC1=O. The normalized spacial score (nSPS) is 16.7. The number of ketones is 1. The van der Waals surface area contributed by atoms with Gasteiger partial charge in [0.2, 0.25) is 0 Å². The summed E-state index contributed by atoms with van der Waals surface area (Å²) in [6.45, 7) is 1.76. The number of rotatable bonds is 3. The molecule has 21 heavy (non-hydrogen) atoms. The molecule has 1 atom stereocenters. The number of carbonyl (C=O) groups excluding carboxylic acids is 1. The lowest BCUT2D eigenvalue weighted by Crippen LogP contribution is -2.15. The van der Waals surface area contributed by atoms with Crippen LogP contribution in [-0.2, 0) is 4.79 Å². The molecule has 2 aromatic rings. The van der Waals surface area contributed by atoms with E-state index in [0.717, 1.165) is 18.4 Å². The fraction of sp³-hybridized carbons (Fsp3) is 0.294. The lowest BCUT2D eigenvalue weighted by Gasteiger charge is -2.17. The van der Waals surface area contributed by atoms with Crippen LogP contribution in [0.1, 0.15) is 36.7 Å². The number of benzene rings is 1. The Morgan fingerprint density at radius 2 is 2.05 bits per heavy atom. The van der Waals surface area contributed by atoms with Crippen LogP contribution in [0.5, 0.6) is 0 Å². The zero-order valence-corrected chi connectivity index (χ0v) is 11.9. The van der Waals surface area contributed by atoms with Crippen molar-refractivity contribution < 1.29 is 14.4 Å². The van der Waals surface area contributed by atoms with Crippen molar-refractivity contribution >= 4 is 5.78 Å². The first-order chi connectivity index (χ1) is 10.2. The Hall–Kier alpha value is -2.20. The van der Waals surface area contributed by atoms with Gasteiger partial charge in [-0.3, -0.25) is 4.79 Å². The first-order valence-corrected chi connectivity index (χ1v) is 7.11. The monoisotopic (exact) mass is 283 g/mol. The van der Waals surface area contributed by atoms with Crippen LogP contribution in [-0.4, -0.2) is 16.0 Å². The summed E-state index contributed by atoms with van der Waals surface area (Å²) in [6, 6.07) is 9.54. The number of hydrogen-bond donors (Lipinski definition) is 1. The van der Waals surface area contributed by atoms with Crippen molar-refractivity contribution in [2.45, 2.75) is 32.3 Å². The third-order valence-electron chi connectivity index (χ3n) is 3.82. The Morgan fingerprint density at radius 1 is 1.29 bits per heavy atom. The molecule has 0 fully saturated rings. The first kappa shape index (κ1) is 13.8. The molecule has 0 amide bonds. The Labute approximate surface area is 123 Å². The molecule has 0 saturated heterocycles. The predicted molar refractivity (Wildman–Crippen MR) is 78.6 cm³/mol. The molecule has 0 saturated carbocycles. The third-order valence-corrected chi connectivity index (χ3v) is 3.82. The summed E-state index contributed by atoms with van der Waals surface area (Å²) in [5.41, 5.74) is 2.51. The van der Waals surface area contributed by atoms with Gasteiger partial charge in [-0.25, -0.2) is 0 Å². The minimum absolute atomic E-state index is 0.00774. The topological polar surface area (TPSA) is 63.3 Å². The number of carbonyl (C=O) groups is 1. The van der Waals surface area contributed by atoms with Crippen molar-refractivity contribution in [3.8, 4) is 11.3 Å². The molecule has 1 aliphatic rings. The minimum atomic E-state index is -0.973. The average Bonchev–Trinajstić information content (AvgIpc) is 2.90. The van der Waals surface area contributed by atoms with Gasteiger partial charge in [0, 0.05) is 17.6 Å². The summed E-state index contributed by atoms with van der Waals surface area (Å²) in [6.07, 6.45) is 3.03. The summed E-state index contributed by atoms with van der Waals surface area (Å²) < 4.78 is 5.25. The van der Waals surface area contributed by atoms with Crippen LogP contribution < -0.4 is 0 Å². The van der Waals surface area contributed by atoms with Gasteiger partial charge in [0.15, 0.2) is 5.78 Å². The predicted octanol–water partition coefficient (Wildman–Crippen LogP) is 3.36. The van der Waals surface area contributed by atoms with Crippen molar-refractivity contribution in [2.75, 3.05) is 0 Å². The highest BCUT2D eigenvalue weighted by Crippen LogP contribution is 2.35. The first-order valence-electron chi connectivity index (χ1n) is 7.11. The molecular weight excluding hydrogens is 266 g/mol. The molecule has 0 spiro atoms. The molecule has 108 valence electrons. The number of aliphatic hydroxyl groups is 1. The van der Waals surface area contributed by atoms with Gasteiger partial charge in [-0.05, 0) is 19.8 Å². The Bertz CT molecular complexity index is 685. The Balaban J connectivity index is 2.05. The molecule has 1 aliphatic carbocycles. The van der Waals surface area contributed by atoms with Gasteiger partial charge in [-0.2, -0.15) is 0 Å². The molecule has 1 N–H and O–H groups in total. The second-order valence-electron chi connectivity index (χ2n) is 5.24. The van der Waals surface area contributed by atoms with Crippen LogP contribution in [0.15, 0.2) is 46.5 Å². The van der Waals surface area contributed by atoms with E-state index in [1.54, 1.807) is 6.92 Å². The molecule has 1 unspecified atom stereocenters. The molecule has 1 aromatic carbocycles. The Kier molecular flexibility index (Phi) is 3.71. The van der Waals surface area contributed by atoms with Gasteiger partial charge in [-0.15, -0.1) is 0 Å². The zero-order chi connectivity index (χ0) is 14.8. The highest BCUT2D eigenvalue weighted by atomic mass is 16.5. The number of Topliss-reactive ketones (excluding diaryl/α,β-unsaturated/α-hetero) is 1. The van der Waals surface area contributed by atoms with Crippen LogP contribution in [0.25, 0.3) is 11.3 Å². The largest absolute Gasteiger partial charge is 0.383 e. The van der Waals surface area contributed by atoms with Gasteiger partial charge >= 0.3 is 0 Å². The standard InChI is InChI=1S/C17H17NO3/c1-11-15(17(20)13-9-5-6-10-14(13)19)16(18-21-11)12-7-3-2-4-8-12/h2-4,7-9,17,20H,5-6,10H2,1H3. The van der Waals surface area contributed by atoms with Gasteiger partial charge < -0.3 is 9.63 Å². The van der Waals surface area contributed by atoms with Gasteiger partial charge in [0.1, 0.15) is 17.6 Å². The van der Waals surface area contributed by atoms with Crippen molar-refractivity contribution in [3.63, 3.8) is 0 Å². The highest BCUT2D eigenvalue weighted by Gasteiger charge is 2.28. The molecule has 0 bridgehead atoms. The van der Waals surface area contributed by atoms with Crippen molar-refractivity contribution in [3.05, 3.63) is 53.3 Å². The van der Waals surface area contributed by atoms with Crippen molar-refractivity contribution in [2.24, 2.45) is 0 Å². The van der Waals surface area contributed by atoms with Crippen molar-refractivity contribution in [1.82, 2.24) is 5.16 Å². The number of aromatic nitrogens is 1. The van der Waals surface area contributed by atoms with Crippen LogP contribution in [0, 0.1) is 6.92 Å². The quantitative estimate of drug-likeness (QED) is 0.938. The van der Waals surface area contributed by atoms with E-state index in [2.05, 4.69) is 5.16 Å². The molecule has 4 nitrogen and oxygen atoms in total. The van der Waals surface area contributed by atoms with Crippen LogP contribution in [0.2, 0.25) is 0 Å². The molecule has 0 radical (unpaired) electrons. The fourth-order valence-corrected chi connectivity index (χ4v) is 2.70. The summed E-state index contributed by atoms with van der Waals surface area (Å²) in [7, 11) is 0. The maximum Gasteiger partial charge on any atom is 0.161 e. The zero-order valence-electron chi connectivity index (χ0n) is 11.9. The van der Waals surface area contributed by atoms with E-state index >= 15 is 0 Å². The summed E-state index contributed by atoms with van der Waals surface area (Å²) in [5, 5.41) is 14.7. The Morgan fingerprint density at radius 3 is 2.76 bits per heavy atom. The molecule has 4 heteroatoms. The molecule has 3 rings (SSSR count). The second kappa shape index (κ2) is 5.66. The number of allylic oxidation sites excluding steroid dienone is 1. The smallest absolute Gasteiger partial charge is 0.161 e. The lowest BCUT2D eigenvalue weighted by atomic mass is 9.89. The van der Waals surface area contributed by atoms with E-state index in [0.29, 0.717) is 29.0 Å². The maximum atomic E-state index is 12.0. The number of nitrogens with zero attached hydrogens (tertiary/aromatic N) is 1. The number of hydrogen-bond acceptors (Lipinski definition) is 4. The summed E-state index contributed by atoms with van der Waals surface area (Å²) in [5.74, 6) is 0.550. The van der Waals surface area contributed by atoms with E-state index in [9.17, 15) is 9.90 Å². The molecule has 1 aromatic heterocycles. The van der Waals surface area contributed by atoms with E-state index in [4.69, 9.17) is 4.52 Å². The summed E-state index contributed by atoms with van der Waals surface area (Å²) >= 11 is 0. The van der Waals surface area contributed by atoms with Gasteiger partial charge in [0.25, 0.3) is 0 Å². The minimum Gasteiger partial charge on any atom is -0.383 e. The van der Waals surface area contributed by atoms with E-state index in [1.165, 1.54) is 0 Å². The lowest BCUT2D eigenvalue weighted by molar-refractivity contribution is -0.117.